The second-order valence-electron chi connectivity index (χ2n) is 7.13. The van der Waals surface area contributed by atoms with Crippen LogP contribution in [0.2, 0.25) is 0 Å². The molecule has 0 heterocycles. The molecule has 3 rings (SSSR count). The predicted molar refractivity (Wildman–Crippen MR) is 101 cm³/mol. The summed E-state index contributed by atoms with van der Waals surface area (Å²) in [6.07, 6.45) is 10.7. The highest BCUT2D eigenvalue weighted by Gasteiger charge is 2.18. The smallest absolute Gasteiger partial charge is 0.0991 e. The fourth-order valence-electron chi connectivity index (χ4n) is 3.85. The lowest BCUT2D eigenvalue weighted by Gasteiger charge is -2.25. The standard InChI is InChI=1S/C23H27N/c1-2-3-4-5-6-18-7-12-23-16-22(14-13-21(23)15-18)20-10-8-19(17-24)9-11-20/h8-11,13-14,16,18H,2-7,12,15H2,1H3. The molecule has 1 nitrogen and oxygen atoms in total. The maximum absolute atomic E-state index is 8.92. The van der Waals surface area contributed by atoms with Gasteiger partial charge in [-0.05, 0) is 59.6 Å². The Labute approximate surface area is 146 Å². The number of fused-ring (bicyclic) bond motifs is 1. The first-order chi connectivity index (χ1) is 11.8. The van der Waals surface area contributed by atoms with Crippen LogP contribution < -0.4 is 0 Å². The van der Waals surface area contributed by atoms with Crippen LogP contribution >= 0.6 is 0 Å². The Kier molecular flexibility index (Phi) is 5.70. The molecule has 1 aliphatic carbocycles. The number of rotatable bonds is 6. The largest absolute Gasteiger partial charge is 0.192 e. The Balaban J connectivity index is 1.66. The van der Waals surface area contributed by atoms with Crippen LogP contribution in [0.25, 0.3) is 11.1 Å². The van der Waals surface area contributed by atoms with Gasteiger partial charge in [0, 0.05) is 0 Å². The fourth-order valence-corrected chi connectivity index (χ4v) is 3.85. The van der Waals surface area contributed by atoms with Gasteiger partial charge in [-0.25, -0.2) is 0 Å². The van der Waals surface area contributed by atoms with Crippen LogP contribution in [0.1, 0.15) is 62.1 Å². The van der Waals surface area contributed by atoms with Crippen molar-refractivity contribution >= 4 is 0 Å². The SMILES string of the molecule is CCCCCCC1CCc2cc(-c3ccc(C#N)cc3)ccc2C1. The highest BCUT2D eigenvalue weighted by Crippen LogP contribution is 2.32. The van der Waals surface area contributed by atoms with Crippen LogP contribution in [0, 0.1) is 17.2 Å². The molecule has 1 aliphatic rings. The van der Waals surface area contributed by atoms with Gasteiger partial charge in [0.2, 0.25) is 0 Å². The Morgan fingerprint density at radius 3 is 2.50 bits per heavy atom. The quantitative estimate of drug-likeness (QED) is 0.573. The van der Waals surface area contributed by atoms with Crippen LogP contribution in [0.3, 0.4) is 0 Å². The fraction of sp³-hybridized carbons (Fsp3) is 0.435. The number of aryl methyl sites for hydroxylation is 1. The van der Waals surface area contributed by atoms with E-state index in [0.29, 0.717) is 0 Å². The molecule has 0 spiro atoms. The average molecular weight is 317 g/mol. The van der Waals surface area contributed by atoms with Crippen molar-refractivity contribution in [3.63, 3.8) is 0 Å². The van der Waals surface area contributed by atoms with Gasteiger partial charge in [0.1, 0.15) is 0 Å². The molecule has 2 aromatic carbocycles. The summed E-state index contributed by atoms with van der Waals surface area (Å²) in [4.78, 5) is 0. The molecule has 1 atom stereocenters. The third kappa shape index (κ3) is 4.06. The second-order valence-corrected chi connectivity index (χ2v) is 7.13. The first-order valence-electron chi connectivity index (χ1n) is 9.42. The van der Waals surface area contributed by atoms with Gasteiger partial charge in [0.15, 0.2) is 0 Å². The Bertz CT molecular complexity index is 706. The molecule has 124 valence electrons. The number of nitriles is 1. The number of benzene rings is 2. The normalized spacial score (nSPS) is 16.4. The van der Waals surface area contributed by atoms with Crippen LogP contribution in [0.15, 0.2) is 42.5 Å². The molecular weight excluding hydrogens is 290 g/mol. The zero-order valence-corrected chi connectivity index (χ0v) is 14.7. The second kappa shape index (κ2) is 8.15. The van der Waals surface area contributed by atoms with Crippen molar-refractivity contribution < 1.29 is 0 Å². The molecule has 0 fully saturated rings. The number of nitrogens with zero attached hydrogens (tertiary/aromatic N) is 1. The van der Waals surface area contributed by atoms with E-state index in [9.17, 15) is 0 Å². The van der Waals surface area contributed by atoms with Gasteiger partial charge < -0.3 is 0 Å². The summed E-state index contributed by atoms with van der Waals surface area (Å²) in [5.41, 5.74) is 6.29. The number of unbranched alkanes of at least 4 members (excludes halogenated alkanes) is 3. The van der Waals surface area contributed by atoms with Crippen molar-refractivity contribution in [2.24, 2.45) is 5.92 Å². The topological polar surface area (TPSA) is 23.8 Å². The van der Waals surface area contributed by atoms with E-state index in [2.05, 4.69) is 43.3 Å². The molecule has 0 saturated heterocycles. The highest BCUT2D eigenvalue weighted by atomic mass is 14.2. The molecule has 0 radical (unpaired) electrons. The van der Waals surface area contributed by atoms with Gasteiger partial charge in [-0.15, -0.1) is 0 Å². The van der Waals surface area contributed by atoms with Gasteiger partial charge in [-0.3, -0.25) is 0 Å². The first-order valence-corrected chi connectivity index (χ1v) is 9.42. The van der Waals surface area contributed by atoms with Crippen molar-refractivity contribution in [1.29, 1.82) is 5.26 Å². The molecule has 0 aliphatic heterocycles. The Hall–Kier alpha value is -2.07. The van der Waals surface area contributed by atoms with Crippen molar-refractivity contribution in [3.05, 3.63) is 59.2 Å². The van der Waals surface area contributed by atoms with Gasteiger partial charge in [0.25, 0.3) is 0 Å². The maximum atomic E-state index is 8.92. The maximum Gasteiger partial charge on any atom is 0.0991 e. The summed E-state index contributed by atoms with van der Waals surface area (Å²) >= 11 is 0. The highest BCUT2D eigenvalue weighted by molar-refractivity contribution is 5.66. The van der Waals surface area contributed by atoms with E-state index >= 15 is 0 Å². The van der Waals surface area contributed by atoms with E-state index in [0.717, 1.165) is 11.5 Å². The molecule has 0 N–H and O–H groups in total. The minimum Gasteiger partial charge on any atom is -0.192 e. The number of hydrogen-bond donors (Lipinski definition) is 0. The molecule has 1 unspecified atom stereocenters. The van der Waals surface area contributed by atoms with Gasteiger partial charge in [0.05, 0.1) is 11.6 Å². The lowest BCUT2D eigenvalue weighted by Crippen LogP contribution is -2.14. The molecule has 0 bridgehead atoms. The molecule has 1 heteroatoms. The number of hydrogen-bond acceptors (Lipinski definition) is 1. The third-order valence-electron chi connectivity index (χ3n) is 5.35. The summed E-state index contributed by atoms with van der Waals surface area (Å²) in [7, 11) is 0. The lowest BCUT2D eigenvalue weighted by atomic mass is 9.80. The molecule has 0 aromatic heterocycles. The van der Waals surface area contributed by atoms with Crippen LogP contribution in [0.5, 0.6) is 0 Å². The van der Waals surface area contributed by atoms with Gasteiger partial charge >= 0.3 is 0 Å². The van der Waals surface area contributed by atoms with E-state index in [4.69, 9.17) is 5.26 Å². The van der Waals surface area contributed by atoms with Crippen molar-refractivity contribution in [2.45, 2.75) is 58.3 Å². The van der Waals surface area contributed by atoms with Crippen molar-refractivity contribution in [1.82, 2.24) is 0 Å². The minimum atomic E-state index is 0.725. The summed E-state index contributed by atoms with van der Waals surface area (Å²) < 4.78 is 0. The van der Waals surface area contributed by atoms with Gasteiger partial charge in [-0.2, -0.15) is 5.26 Å². The summed E-state index contributed by atoms with van der Waals surface area (Å²) in [6.45, 7) is 2.28. The zero-order valence-electron chi connectivity index (χ0n) is 14.7. The van der Waals surface area contributed by atoms with E-state index in [1.165, 1.54) is 68.1 Å². The molecule has 0 saturated carbocycles. The zero-order chi connectivity index (χ0) is 16.8. The Morgan fingerprint density at radius 2 is 1.75 bits per heavy atom. The third-order valence-corrected chi connectivity index (χ3v) is 5.35. The molecule has 2 aromatic rings. The average Bonchev–Trinajstić information content (AvgIpc) is 2.65. The predicted octanol–water partition coefficient (Wildman–Crippen LogP) is 6.30. The van der Waals surface area contributed by atoms with Crippen LogP contribution in [-0.2, 0) is 12.8 Å². The van der Waals surface area contributed by atoms with Crippen molar-refractivity contribution in [3.8, 4) is 17.2 Å². The van der Waals surface area contributed by atoms with Gasteiger partial charge in [-0.1, -0.05) is 69.4 Å². The van der Waals surface area contributed by atoms with Crippen molar-refractivity contribution in [2.75, 3.05) is 0 Å². The first kappa shape index (κ1) is 16.8. The van der Waals surface area contributed by atoms with Crippen LogP contribution in [0.4, 0.5) is 0 Å². The minimum absolute atomic E-state index is 0.725. The summed E-state index contributed by atoms with van der Waals surface area (Å²) in [5, 5.41) is 8.92. The molecule has 24 heavy (non-hydrogen) atoms. The van der Waals surface area contributed by atoms with Crippen LogP contribution in [-0.4, -0.2) is 0 Å². The lowest BCUT2D eigenvalue weighted by molar-refractivity contribution is 0.406. The van der Waals surface area contributed by atoms with E-state index < -0.39 is 0 Å². The molecular formula is C23H27N. The monoisotopic (exact) mass is 317 g/mol. The van der Waals surface area contributed by atoms with E-state index in [1.807, 2.05) is 12.1 Å². The summed E-state index contributed by atoms with van der Waals surface area (Å²) in [6, 6.07) is 17.1. The summed E-state index contributed by atoms with van der Waals surface area (Å²) in [5.74, 6) is 0.884. The Morgan fingerprint density at radius 1 is 0.958 bits per heavy atom. The van der Waals surface area contributed by atoms with E-state index in [-0.39, 0.29) is 0 Å². The molecule has 0 amide bonds. The van der Waals surface area contributed by atoms with E-state index in [1.54, 1.807) is 5.56 Å².